The van der Waals surface area contributed by atoms with E-state index < -0.39 is 5.54 Å². The molecule has 0 aliphatic carbocycles. The van der Waals surface area contributed by atoms with E-state index >= 15 is 0 Å². The van der Waals surface area contributed by atoms with Crippen LogP contribution in [0.2, 0.25) is 0 Å². The van der Waals surface area contributed by atoms with Crippen molar-refractivity contribution in [3.63, 3.8) is 0 Å². The Labute approximate surface area is 115 Å². The summed E-state index contributed by atoms with van der Waals surface area (Å²) < 4.78 is 0. The Kier molecular flexibility index (Phi) is 4.36. The summed E-state index contributed by atoms with van der Waals surface area (Å²) in [6.07, 6.45) is 0.606. The van der Waals surface area contributed by atoms with E-state index in [1.54, 1.807) is 6.92 Å². The van der Waals surface area contributed by atoms with E-state index in [0.29, 0.717) is 18.7 Å². The summed E-state index contributed by atoms with van der Waals surface area (Å²) in [6.45, 7) is 10.4. The molecule has 1 heterocycles. The maximum atomic E-state index is 12.3. The molecule has 18 heavy (non-hydrogen) atoms. The van der Waals surface area contributed by atoms with Gasteiger partial charge in [0.15, 0.2) is 0 Å². The lowest BCUT2D eigenvalue weighted by atomic mass is 9.81. The fourth-order valence-electron chi connectivity index (χ4n) is 1.98. The van der Waals surface area contributed by atoms with Gasteiger partial charge in [-0.15, -0.1) is 0 Å². The minimum Gasteiger partial charge on any atom is -0.323 e. The van der Waals surface area contributed by atoms with Crippen molar-refractivity contribution in [2.75, 3.05) is 12.3 Å². The van der Waals surface area contributed by atoms with Gasteiger partial charge >= 0.3 is 6.03 Å². The van der Waals surface area contributed by atoms with E-state index in [-0.39, 0.29) is 23.3 Å². The van der Waals surface area contributed by atoms with Gasteiger partial charge in [-0.25, -0.2) is 4.79 Å². The minimum absolute atomic E-state index is 0.0213. The van der Waals surface area contributed by atoms with Crippen molar-refractivity contribution in [1.29, 1.82) is 0 Å². The number of hydrogen-bond acceptors (Lipinski definition) is 3. The van der Waals surface area contributed by atoms with E-state index in [9.17, 15) is 9.59 Å². The third kappa shape index (κ3) is 2.82. The maximum Gasteiger partial charge on any atom is 0.325 e. The van der Waals surface area contributed by atoms with Gasteiger partial charge in [0.2, 0.25) is 0 Å². The third-order valence-corrected chi connectivity index (χ3v) is 4.34. The highest BCUT2D eigenvalue weighted by molar-refractivity contribution is 7.80. The SMILES string of the molecule is CCC1(C)NC(=O)N(CC(CS)C(C)(C)C)C1=O. The Morgan fingerprint density at radius 2 is 1.94 bits per heavy atom. The summed E-state index contributed by atoms with van der Waals surface area (Å²) in [6, 6.07) is -0.277. The smallest absolute Gasteiger partial charge is 0.323 e. The zero-order valence-electron chi connectivity index (χ0n) is 11.9. The van der Waals surface area contributed by atoms with E-state index in [2.05, 4.69) is 38.7 Å². The molecule has 1 aliphatic heterocycles. The Morgan fingerprint density at radius 3 is 2.28 bits per heavy atom. The number of nitrogens with one attached hydrogen (secondary N) is 1. The van der Waals surface area contributed by atoms with Crippen LogP contribution in [0.4, 0.5) is 4.79 Å². The maximum absolute atomic E-state index is 12.3. The number of urea groups is 1. The van der Waals surface area contributed by atoms with Crippen LogP contribution in [-0.2, 0) is 4.79 Å². The summed E-state index contributed by atoms with van der Waals surface area (Å²) in [4.78, 5) is 25.5. The van der Waals surface area contributed by atoms with Gasteiger partial charge in [0.05, 0.1) is 0 Å². The Bertz CT molecular complexity index is 351. The van der Waals surface area contributed by atoms with Gasteiger partial charge in [0.1, 0.15) is 5.54 Å². The summed E-state index contributed by atoms with van der Waals surface area (Å²) >= 11 is 4.34. The second kappa shape index (κ2) is 5.11. The van der Waals surface area contributed by atoms with Gasteiger partial charge < -0.3 is 5.32 Å². The van der Waals surface area contributed by atoms with Crippen molar-refractivity contribution in [2.24, 2.45) is 11.3 Å². The molecule has 0 spiro atoms. The first-order chi connectivity index (χ1) is 8.15. The molecule has 0 bridgehead atoms. The molecule has 1 rings (SSSR count). The molecule has 2 atom stereocenters. The van der Waals surface area contributed by atoms with Crippen molar-refractivity contribution in [1.82, 2.24) is 10.2 Å². The minimum atomic E-state index is -0.740. The number of hydrogen-bond donors (Lipinski definition) is 2. The van der Waals surface area contributed by atoms with Gasteiger partial charge in [-0.05, 0) is 30.4 Å². The Balaban J connectivity index is 2.85. The number of carbonyl (C=O) groups is 2. The van der Waals surface area contributed by atoms with Crippen molar-refractivity contribution in [2.45, 2.75) is 46.6 Å². The van der Waals surface area contributed by atoms with Crippen LogP contribution in [0.5, 0.6) is 0 Å². The van der Waals surface area contributed by atoms with Gasteiger partial charge in [0, 0.05) is 6.54 Å². The van der Waals surface area contributed by atoms with Crippen molar-refractivity contribution in [3.05, 3.63) is 0 Å². The summed E-state index contributed by atoms with van der Waals surface area (Å²) in [5.74, 6) is 0.726. The molecule has 2 unspecified atom stereocenters. The molecule has 1 aliphatic rings. The molecule has 0 aromatic rings. The normalized spacial score (nSPS) is 26.4. The van der Waals surface area contributed by atoms with Gasteiger partial charge in [-0.3, -0.25) is 9.69 Å². The van der Waals surface area contributed by atoms with E-state index in [4.69, 9.17) is 0 Å². The number of imide groups is 1. The first-order valence-corrected chi connectivity index (χ1v) is 7.04. The first kappa shape index (κ1) is 15.3. The molecule has 0 aromatic carbocycles. The lowest BCUT2D eigenvalue weighted by molar-refractivity contribution is -0.131. The van der Waals surface area contributed by atoms with Crippen LogP contribution < -0.4 is 5.32 Å². The number of amides is 3. The second-order valence-corrected chi connectivity index (χ2v) is 6.64. The molecule has 0 radical (unpaired) electrons. The number of thiol groups is 1. The van der Waals surface area contributed by atoms with Crippen LogP contribution in [0.1, 0.15) is 41.0 Å². The highest BCUT2D eigenvalue weighted by atomic mass is 32.1. The molecule has 0 saturated carbocycles. The standard InChI is InChI=1S/C13H24N2O2S/c1-6-13(5)10(16)15(11(17)14-13)7-9(8-18)12(2,3)4/h9,18H,6-8H2,1-5H3,(H,14,17). The summed E-state index contributed by atoms with van der Waals surface area (Å²) in [5.41, 5.74) is -0.719. The highest BCUT2D eigenvalue weighted by Gasteiger charge is 2.47. The fraction of sp³-hybridized carbons (Fsp3) is 0.846. The van der Waals surface area contributed by atoms with Crippen molar-refractivity contribution in [3.8, 4) is 0 Å². The van der Waals surface area contributed by atoms with Gasteiger partial charge in [-0.2, -0.15) is 12.6 Å². The van der Waals surface area contributed by atoms with Crippen LogP contribution in [0.25, 0.3) is 0 Å². The average molecular weight is 272 g/mol. The molecular formula is C13H24N2O2S. The average Bonchev–Trinajstić information content (AvgIpc) is 2.47. The van der Waals surface area contributed by atoms with E-state index in [0.717, 1.165) is 0 Å². The molecule has 1 saturated heterocycles. The largest absolute Gasteiger partial charge is 0.325 e. The molecule has 5 heteroatoms. The van der Waals surface area contributed by atoms with Crippen LogP contribution >= 0.6 is 12.6 Å². The first-order valence-electron chi connectivity index (χ1n) is 6.40. The monoisotopic (exact) mass is 272 g/mol. The van der Waals surface area contributed by atoms with Crippen LogP contribution in [0, 0.1) is 11.3 Å². The van der Waals surface area contributed by atoms with E-state index in [1.165, 1.54) is 4.90 Å². The predicted octanol–water partition coefficient (Wildman–Crippen LogP) is 2.30. The zero-order valence-corrected chi connectivity index (χ0v) is 12.8. The van der Waals surface area contributed by atoms with E-state index in [1.807, 2.05) is 6.92 Å². The lowest BCUT2D eigenvalue weighted by Crippen LogP contribution is -2.44. The number of carbonyl (C=O) groups excluding carboxylic acids is 2. The molecule has 0 aromatic heterocycles. The third-order valence-electron chi connectivity index (χ3n) is 3.90. The Morgan fingerprint density at radius 1 is 1.39 bits per heavy atom. The van der Waals surface area contributed by atoms with Crippen molar-refractivity contribution >= 4 is 24.6 Å². The zero-order chi connectivity index (χ0) is 14.1. The predicted molar refractivity (Wildman–Crippen MR) is 75.7 cm³/mol. The molecule has 4 nitrogen and oxygen atoms in total. The summed E-state index contributed by atoms with van der Waals surface area (Å²) in [7, 11) is 0. The number of nitrogens with zero attached hydrogens (tertiary/aromatic N) is 1. The number of rotatable bonds is 4. The molecular weight excluding hydrogens is 248 g/mol. The van der Waals surface area contributed by atoms with Crippen molar-refractivity contribution < 1.29 is 9.59 Å². The molecule has 104 valence electrons. The highest BCUT2D eigenvalue weighted by Crippen LogP contribution is 2.30. The van der Waals surface area contributed by atoms with Crippen LogP contribution in [0.3, 0.4) is 0 Å². The second-order valence-electron chi connectivity index (χ2n) is 6.28. The Hall–Kier alpha value is -0.710. The molecule has 3 amide bonds. The molecule has 1 fully saturated rings. The van der Waals surface area contributed by atoms with Crippen LogP contribution in [-0.4, -0.2) is 34.7 Å². The topological polar surface area (TPSA) is 49.4 Å². The van der Waals surface area contributed by atoms with Gasteiger partial charge in [0.25, 0.3) is 5.91 Å². The quantitative estimate of drug-likeness (QED) is 0.609. The summed E-state index contributed by atoms with van der Waals surface area (Å²) in [5, 5.41) is 2.77. The fourth-order valence-corrected chi connectivity index (χ4v) is 2.64. The molecule has 1 N–H and O–H groups in total. The van der Waals surface area contributed by atoms with Crippen LogP contribution in [0.15, 0.2) is 0 Å². The lowest BCUT2D eigenvalue weighted by Gasteiger charge is -2.32. The van der Waals surface area contributed by atoms with Gasteiger partial charge in [-0.1, -0.05) is 27.7 Å².